The highest BCUT2D eigenvalue weighted by Gasteiger charge is 2.25. The van der Waals surface area contributed by atoms with Crippen LogP contribution in [0.4, 0.5) is 0 Å². The van der Waals surface area contributed by atoms with E-state index in [1.54, 1.807) is 0 Å². The molecule has 0 amide bonds. The van der Waals surface area contributed by atoms with Gasteiger partial charge in [0.15, 0.2) is 0 Å². The molecule has 0 fully saturated rings. The molecular weight excluding hydrogens is 338 g/mol. The van der Waals surface area contributed by atoms with Crippen molar-refractivity contribution >= 4 is 12.4 Å². The predicted molar refractivity (Wildman–Crippen MR) is 103 cm³/mol. The van der Waals surface area contributed by atoms with E-state index in [9.17, 15) is 10.2 Å². The lowest BCUT2D eigenvalue weighted by atomic mass is 9.98. The molecule has 0 aliphatic carbocycles. The molecule has 0 unspecified atom stereocenters. The van der Waals surface area contributed by atoms with Crippen LogP contribution in [0.15, 0.2) is 60.7 Å². The smallest absolute Gasteiger partial charge is 0.108 e. The Morgan fingerprint density at radius 3 is 1.80 bits per heavy atom. The van der Waals surface area contributed by atoms with Crippen molar-refractivity contribution in [2.24, 2.45) is 0 Å². The van der Waals surface area contributed by atoms with Gasteiger partial charge < -0.3 is 20.3 Å². The summed E-state index contributed by atoms with van der Waals surface area (Å²) in [4.78, 5) is 0. The van der Waals surface area contributed by atoms with Gasteiger partial charge in [-0.2, -0.15) is 0 Å². The molecule has 0 aliphatic heterocycles. The number of ether oxygens (including phenoxy) is 1. The summed E-state index contributed by atoms with van der Waals surface area (Å²) in [6, 6.07) is 20.2. The summed E-state index contributed by atoms with van der Waals surface area (Å²) in [5.41, 5.74) is 1.57. The van der Waals surface area contributed by atoms with Crippen molar-refractivity contribution in [3.8, 4) is 0 Å². The second-order valence-corrected chi connectivity index (χ2v) is 5.95. The van der Waals surface area contributed by atoms with Gasteiger partial charge in [-0.3, -0.25) is 0 Å². The fraction of sp³-hybridized carbons (Fsp3) is 0.400. The molecule has 0 aromatic heterocycles. The van der Waals surface area contributed by atoms with Gasteiger partial charge in [0.2, 0.25) is 0 Å². The number of nitrogens with one attached hydrogen (secondary N) is 1. The minimum absolute atomic E-state index is 0. The van der Waals surface area contributed by atoms with E-state index in [0.717, 1.165) is 11.1 Å². The van der Waals surface area contributed by atoms with Crippen molar-refractivity contribution < 1.29 is 14.9 Å². The van der Waals surface area contributed by atoms with Crippen LogP contribution in [0.25, 0.3) is 0 Å². The zero-order chi connectivity index (χ0) is 17.3. The summed E-state index contributed by atoms with van der Waals surface area (Å²) >= 11 is 0. The standard InChI is InChI=1S/C20H27NO3.ClH/c1-2-20(15-22,16-23)21-13-14-24-19(17-9-5-3-6-10-17)18-11-7-4-8-12-18;/h3-12,19,21-23H,2,13-16H2,1H3;1H. The Balaban J connectivity index is 0.00000312. The van der Waals surface area contributed by atoms with Gasteiger partial charge in [-0.1, -0.05) is 67.6 Å². The quantitative estimate of drug-likeness (QED) is 0.566. The topological polar surface area (TPSA) is 61.7 Å². The molecule has 0 aliphatic rings. The molecule has 2 aromatic carbocycles. The molecule has 138 valence electrons. The highest BCUT2D eigenvalue weighted by molar-refractivity contribution is 5.85. The van der Waals surface area contributed by atoms with Crippen molar-refractivity contribution in [3.63, 3.8) is 0 Å². The summed E-state index contributed by atoms with van der Waals surface area (Å²) in [5, 5.41) is 22.2. The van der Waals surface area contributed by atoms with Crippen LogP contribution in [-0.4, -0.2) is 42.1 Å². The van der Waals surface area contributed by atoms with Gasteiger partial charge in [0.05, 0.1) is 25.4 Å². The van der Waals surface area contributed by atoms with Gasteiger partial charge in [-0.05, 0) is 17.5 Å². The average Bonchev–Trinajstić information content (AvgIpc) is 2.67. The number of aliphatic hydroxyl groups excluding tert-OH is 2. The maximum Gasteiger partial charge on any atom is 0.108 e. The third kappa shape index (κ3) is 6.10. The van der Waals surface area contributed by atoms with Crippen molar-refractivity contribution in [3.05, 3.63) is 71.8 Å². The Labute approximate surface area is 156 Å². The summed E-state index contributed by atoms with van der Waals surface area (Å²) in [6.45, 7) is 2.79. The fourth-order valence-corrected chi connectivity index (χ4v) is 2.64. The molecule has 0 saturated carbocycles. The molecule has 5 heteroatoms. The maximum absolute atomic E-state index is 9.48. The molecule has 2 rings (SSSR count). The van der Waals surface area contributed by atoms with E-state index < -0.39 is 5.54 Å². The van der Waals surface area contributed by atoms with Crippen molar-refractivity contribution in [1.29, 1.82) is 0 Å². The van der Waals surface area contributed by atoms with Gasteiger partial charge in [-0.15, -0.1) is 12.4 Å². The third-order valence-corrected chi connectivity index (χ3v) is 4.37. The van der Waals surface area contributed by atoms with Crippen LogP contribution in [0.5, 0.6) is 0 Å². The molecule has 2 aromatic rings. The van der Waals surface area contributed by atoms with Crippen molar-refractivity contribution in [2.45, 2.75) is 25.0 Å². The van der Waals surface area contributed by atoms with E-state index in [1.807, 2.05) is 43.3 Å². The van der Waals surface area contributed by atoms with E-state index in [2.05, 4.69) is 29.6 Å². The Morgan fingerprint density at radius 1 is 0.920 bits per heavy atom. The van der Waals surface area contributed by atoms with Gasteiger partial charge in [0.25, 0.3) is 0 Å². The van der Waals surface area contributed by atoms with E-state index in [1.165, 1.54) is 0 Å². The van der Waals surface area contributed by atoms with Crippen LogP contribution >= 0.6 is 12.4 Å². The van der Waals surface area contributed by atoms with Gasteiger partial charge >= 0.3 is 0 Å². The van der Waals surface area contributed by atoms with Gasteiger partial charge in [-0.25, -0.2) is 0 Å². The van der Waals surface area contributed by atoms with Crippen LogP contribution in [-0.2, 0) is 4.74 Å². The highest BCUT2D eigenvalue weighted by Crippen LogP contribution is 2.25. The van der Waals surface area contributed by atoms with Crippen LogP contribution in [0.1, 0.15) is 30.6 Å². The first-order valence-electron chi connectivity index (χ1n) is 8.43. The lowest BCUT2D eigenvalue weighted by Crippen LogP contribution is -2.52. The molecule has 0 spiro atoms. The third-order valence-electron chi connectivity index (χ3n) is 4.37. The maximum atomic E-state index is 9.48. The molecule has 4 nitrogen and oxygen atoms in total. The molecule has 0 saturated heterocycles. The first-order valence-corrected chi connectivity index (χ1v) is 8.43. The first kappa shape index (κ1) is 21.6. The van der Waals surface area contributed by atoms with Crippen molar-refractivity contribution in [2.75, 3.05) is 26.4 Å². The van der Waals surface area contributed by atoms with E-state index in [-0.39, 0.29) is 31.7 Å². The highest BCUT2D eigenvalue weighted by atomic mass is 35.5. The zero-order valence-corrected chi connectivity index (χ0v) is 15.4. The molecular formula is C20H28ClNO3. The minimum atomic E-state index is -0.641. The lowest BCUT2D eigenvalue weighted by Gasteiger charge is -2.30. The number of hydrogen-bond donors (Lipinski definition) is 3. The second kappa shape index (κ2) is 11.2. The van der Waals surface area contributed by atoms with Crippen LogP contribution in [0, 0.1) is 0 Å². The summed E-state index contributed by atoms with van der Waals surface area (Å²) in [7, 11) is 0. The van der Waals surface area contributed by atoms with E-state index in [0.29, 0.717) is 19.6 Å². The first-order chi connectivity index (χ1) is 11.7. The molecule has 0 radical (unpaired) electrons. The molecule has 0 heterocycles. The Morgan fingerprint density at radius 2 is 1.40 bits per heavy atom. The molecule has 25 heavy (non-hydrogen) atoms. The average molecular weight is 366 g/mol. The largest absolute Gasteiger partial charge is 0.394 e. The minimum Gasteiger partial charge on any atom is -0.394 e. The Kier molecular flexibility index (Phi) is 9.71. The number of hydrogen-bond acceptors (Lipinski definition) is 4. The van der Waals surface area contributed by atoms with E-state index >= 15 is 0 Å². The van der Waals surface area contributed by atoms with Gasteiger partial charge in [0.1, 0.15) is 6.10 Å². The lowest BCUT2D eigenvalue weighted by molar-refractivity contribution is 0.0541. The Hall–Kier alpha value is -1.43. The number of benzene rings is 2. The molecule has 0 atom stereocenters. The zero-order valence-electron chi connectivity index (χ0n) is 14.6. The second-order valence-electron chi connectivity index (χ2n) is 5.95. The summed E-state index contributed by atoms with van der Waals surface area (Å²) in [5.74, 6) is 0. The van der Waals surface area contributed by atoms with Crippen LogP contribution in [0.3, 0.4) is 0 Å². The van der Waals surface area contributed by atoms with Gasteiger partial charge in [0, 0.05) is 6.54 Å². The normalized spacial score (nSPS) is 11.4. The monoisotopic (exact) mass is 365 g/mol. The summed E-state index contributed by atoms with van der Waals surface area (Å²) in [6.07, 6.45) is 0.523. The van der Waals surface area contributed by atoms with Crippen molar-refractivity contribution in [1.82, 2.24) is 5.32 Å². The number of halogens is 1. The van der Waals surface area contributed by atoms with Crippen LogP contribution < -0.4 is 5.32 Å². The SMILES string of the molecule is CCC(CO)(CO)NCCOC(c1ccccc1)c1ccccc1.Cl. The van der Waals surface area contributed by atoms with Crippen LogP contribution in [0.2, 0.25) is 0 Å². The summed E-state index contributed by atoms with van der Waals surface area (Å²) < 4.78 is 6.12. The predicted octanol–water partition coefficient (Wildman–Crippen LogP) is 2.94. The number of aliphatic hydroxyl groups is 2. The molecule has 0 bridgehead atoms. The fourth-order valence-electron chi connectivity index (χ4n) is 2.64. The molecule has 3 N–H and O–H groups in total. The number of rotatable bonds is 10. The Bertz CT molecular complexity index is 528. The van der Waals surface area contributed by atoms with E-state index in [4.69, 9.17) is 4.74 Å².